The van der Waals surface area contributed by atoms with Crippen LogP contribution in [0.2, 0.25) is 0 Å². The van der Waals surface area contributed by atoms with Crippen LogP contribution in [0.4, 0.5) is 11.4 Å². The summed E-state index contributed by atoms with van der Waals surface area (Å²) in [6, 6.07) is 14.0. The van der Waals surface area contributed by atoms with Gasteiger partial charge in [0.15, 0.2) is 6.10 Å². The first-order chi connectivity index (χ1) is 14.0. The van der Waals surface area contributed by atoms with Crippen molar-refractivity contribution in [2.45, 2.75) is 32.8 Å². The summed E-state index contributed by atoms with van der Waals surface area (Å²) >= 11 is 0. The molecule has 0 saturated carbocycles. The number of carbonyl (C=O) groups is 3. The topological polar surface area (TPSA) is 87.7 Å². The zero-order valence-electron chi connectivity index (χ0n) is 16.6. The van der Waals surface area contributed by atoms with Crippen LogP contribution in [0.1, 0.15) is 37.0 Å². The van der Waals surface area contributed by atoms with Gasteiger partial charge in [-0.15, -0.1) is 0 Å². The maximum atomic E-state index is 12.5. The predicted octanol–water partition coefficient (Wildman–Crippen LogP) is 2.97. The van der Waals surface area contributed by atoms with Gasteiger partial charge in [-0.05, 0) is 49.7 Å². The molecule has 1 heterocycles. The first-order valence-electron chi connectivity index (χ1n) is 9.74. The Labute approximate surface area is 170 Å². The van der Waals surface area contributed by atoms with E-state index in [1.165, 1.54) is 0 Å². The number of para-hydroxylation sites is 2. The number of anilines is 2. The highest BCUT2D eigenvalue weighted by Crippen LogP contribution is 2.33. The predicted molar refractivity (Wildman–Crippen MR) is 111 cm³/mol. The monoisotopic (exact) mass is 395 g/mol. The summed E-state index contributed by atoms with van der Waals surface area (Å²) < 4.78 is 5.61. The lowest BCUT2D eigenvalue weighted by atomic mass is 10.1. The molecule has 0 aliphatic carbocycles. The van der Waals surface area contributed by atoms with Gasteiger partial charge >= 0.3 is 0 Å². The molecule has 7 heteroatoms. The van der Waals surface area contributed by atoms with E-state index in [1.54, 1.807) is 42.2 Å². The molecule has 1 aliphatic rings. The Kier molecular flexibility index (Phi) is 6.49. The lowest BCUT2D eigenvalue weighted by Gasteiger charge is -2.32. The summed E-state index contributed by atoms with van der Waals surface area (Å²) in [5.74, 6) is 0.122. The number of nitrogens with zero attached hydrogens (tertiary/aromatic N) is 1. The van der Waals surface area contributed by atoms with Gasteiger partial charge in [0, 0.05) is 30.8 Å². The summed E-state index contributed by atoms with van der Waals surface area (Å²) in [4.78, 5) is 38.3. The van der Waals surface area contributed by atoms with E-state index < -0.39 is 6.10 Å². The normalized spacial score (nSPS) is 15.3. The van der Waals surface area contributed by atoms with E-state index in [2.05, 4.69) is 10.6 Å². The van der Waals surface area contributed by atoms with Gasteiger partial charge in [0.2, 0.25) is 5.91 Å². The van der Waals surface area contributed by atoms with Crippen LogP contribution in [-0.2, 0) is 9.59 Å². The molecule has 0 bridgehead atoms. The number of amides is 3. The number of carbonyl (C=O) groups excluding carboxylic acids is 3. The summed E-state index contributed by atoms with van der Waals surface area (Å²) in [5, 5.41) is 5.61. The minimum Gasteiger partial charge on any atom is -0.479 e. The van der Waals surface area contributed by atoms with Crippen LogP contribution in [0.25, 0.3) is 0 Å². The van der Waals surface area contributed by atoms with Gasteiger partial charge in [0.1, 0.15) is 5.75 Å². The van der Waals surface area contributed by atoms with E-state index in [-0.39, 0.29) is 30.7 Å². The fourth-order valence-electron chi connectivity index (χ4n) is 3.07. The third-order valence-corrected chi connectivity index (χ3v) is 4.60. The molecule has 1 atom stereocenters. The first-order valence-corrected chi connectivity index (χ1v) is 9.74. The Hall–Kier alpha value is -3.35. The molecule has 3 rings (SSSR count). The third kappa shape index (κ3) is 4.93. The van der Waals surface area contributed by atoms with Crippen molar-refractivity contribution in [3.05, 3.63) is 54.1 Å². The molecule has 1 aliphatic heterocycles. The van der Waals surface area contributed by atoms with Gasteiger partial charge in [-0.2, -0.15) is 0 Å². The molecule has 0 aromatic heterocycles. The van der Waals surface area contributed by atoms with Crippen LogP contribution in [0.15, 0.2) is 48.5 Å². The molecule has 0 spiro atoms. The molecule has 2 aromatic rings. The lowest BCUT2D eigenvalue weighted by Crippen LogP contribution is -2.45. The van der Waals surface area contributed by atoms with Crippen molar-refractivity contribution in [1.29, 1.82) is 0 Å². The van der Waals surface area contributed by atoms with Gasteiger partial charge in [0.05, 0.1) is 5.69 Å². The Bertz CT molecular complexity index is 895. The number of benzene rings is 2. The molecule has 152 valence electrons. The SMILES string of the molecule is CCCNC(=O)c1ccc(NC(=O)CCN2C(=O)C(C)Oc3ccccc32)cc1. The summed E-state index contributed by atoms with van der Waals surface area (Å²) in [5.41, 5.74) is 1.82. The molecule has 0 fully saturated rings. The lowest BCUT2D eigenvalue weighted by molar-refractivity contribution is -0.125. The standard InChI is InChI=1S/C22H25N3O4/c1-3-13-23-21(27)16-8-10-17(11-9-16)24-20(26)12-14-25-18-6-4-5-7-19(18)29-15(2)22(25)28/h4-11,15H,3,12-14H2,1-2H3,(H,23,27)(H,24,26). The van der Waals surface area contributed by atoms with Crippen LogP contribution in [0.3, 0.4) is 0 Å². The van der Waals surface area contributed by atoms with E-state index in [1.807, 2.05) is 25.1 Å². The second kappa shape index (κ2) is 9.23. The largest absolute Gasteiger partial charge is 0.479 e. The van der Waals surface area contributed by atoms with Gasteiger partial charge in [-0.3, -0.25) is 14.4 Å². The van der Waals surface area contributed by atoms with Crippen molar-refractivity contribution < 1.29 is 19.1 Å². The van der Waals surface area contributed by atoms with Crippen LogP contribution >= 0.6 is 0 Å². The van der Waals surface area contributed by atoms with Crippen molar-refractivity contribution in [3.63, 3.8) is 0 Å². The molecule has 2 aromatic carbocycles. The van der Waals surface area contributed by atoms with Crippen LogP contribution < -0.4 is 20.3 Å². The average molecular weight is 395 g/mol. The van der Waals surface area contributed by atoms with Crippen LogP contribution in [0, 0.1) is 0 Å². The van der Waals surface area contributed by atoms with Crippen molar-refractivity contribution in [1.82, 2.24) is 5.32 Å². The van der Waals surface area contributed by atoms with Gasteiger partial charge in [0.25, 0.3) is 11.8 Å². The summed E-state index contributed by atoms with van der Waals surface area (Å²) in [6.45, 7) is 4.57. The fraction of sp³-hybridized carbons (Fsp3) is 0.318. The average Bonchev–Trinajstić information content (AvgIpc) is 2.73. The number of nitrogens with one attached hydrogen (secondary N) is 2. The number of ether oxygens (including phenoxy) is 1. The van der Waals surface area contributed by atoms with E-state index >= 15 is 0 Å². The van der Waals surface area contributed by atoms with Crippen molar-refractivity contribution in [2.24, 2.45) is 0 Å². The van der Waals surface area contributed by atoms with Crippen molar-refractivity contribution in [2.75, 3.05) is 23.3 Å². The summed E-state index contributed by atoms with van der Waals surface area (Å²) in [6.07, 6.45) is 0.430. The highest BCUT2D eigenvalue weighted by atomic mass is 16.5. The highest BCUT2D eigenvalue weighted by molar-refractivity contribution is 6.01. The maximum absolute atomic E-state index is 12.5. The van der Waals surface area contributed by atoms with E-state index in [0.29, 0.717) is 29.2 Å². The van der Waals surface area contributed by atoms with Crippen LogP contribution in [-0.4, -0.2) is 36.9 Å². The number of hydrogen-bond acceptors (Lipinski definition) is 4. The maximum Gasteiger partial charge on any atom is 0.267 e. The molecule has 2 N–H and O–H groups in total. The highest BCUT2D eigenvalue weighted by Gasteiger charge is 2.31. The van der Waals surface area contributed by atoms with Crippen molar-refractivity contribution >= 4 is 29.1 Å². The number of rotatable bonds is 7. The van der Waals surface area contributed by atoms with E-state index in [9.17, 15) is 14.4 Å². The van der Waals surface area contributed by atoms with Gasteiger partial charge in [-0.1, -0.05) is 19.1 Å². The Balaban J connectivity index is 1.57. The van der Waals surface area contributed by atoms with Gasteiger partial charge < -0.3 is 20.3 Å². The smallest absolute Gasteiger partial charge is 0.267 e. The Morgan fingerprint density at radius 2 is 1.83 bits per heavy atom. The fourth-order valence-corrected chi connectivity index (χ4v) is 3.07. The molecule has 7 nitrogen and oxygen atoms in total. The third-order valence-electron chi connectivity index (χ3n) is 4.60. The number of fused-ring (bicyclic) bond motifs is 1. The molecule has 3 amide bonds. The molecular formula is C22H25N3O4. The zero-order chi connectivity index (χ0) is 20.8. The second-order valence-corrected chi connectivity index (χ2v) is 6.85. The minimum atomic E-state index is -0.584. The first kappa shape index (κ1) is 20.4. The molecule has 1 unspecified atom stereocenters. The van der Waals surface area contributed by atoms with Gasteiger partial charge in [-0.25, -0.2) is 0 Å². The molecule has 0 saturated heterocycles. The zero-order valence-corrected chi connectivity index (χ0v) is 16.6. The summed E-state index contributed by atoms with van der Waals surface area (Å²) in [7, 11) is 0. The van der Waals surface area contributed by atoms with Crippen molar-refractivity contribution in [3.8, 4) is 5.75 Å². The van der Waals surface area contributed by atoms with E-state index in [4.69, 9.17) is 4.74 Å². The minimum absolute atomic E-state index is 0.136. The second-order valence-electron chi connectivity index (χ2n) is 6.85. The molecule has 29 heavy (non-hydrogen) atoms. The molecule has 0 radical (unpaired) electrons. The van der Waals surface area contributed by atoms with Crippen LogP contribution in [0.5, 0.6) is 5.75 Å². The number of hydrogen-bond donors (Lipinski definition) is 2. The quantitative estimate of drug-likeness (QED) is 0.755. The Morgan fingerprint density at radius 3 is 2.55 bits per heavy atom. The van der Waals surface area contributed by atoms with E-state index in [0.717, 1.165) is 6.42 Å². The Morgan fingerprint density at radius 1 is 1.10 bits per heavy atom. The molecular weight excluding hydrogens is 370 g/mol.